The summed E-state index contributed by atoms with van der Waals surface area (Å²) in [5.41, 5.74) is 10.6. The average Bonchev–Trinajstić information content (AvgIpc) is 3.57. The molecule has 0 N–H and O–H groups in total. The van der Waals surface area contributed by atoms with Crippen molar-refractivity contribution in [3.63, 3.8) is 0 Å². The summed E-state index contributed by atoms with van der Waals surface area (Å²) in [6.07, 6.45) is 18.8. The first kappa shape index (κ1) is 24.0. The normalized spacial score (nSPS) is 11.5. The van der Waals surface area contributed by atoms with Gasteiger partial charge in [0, 0.05) is 82.5 Å². The molecule has 6 heteroatoms. The van der Waals surface area contributed by atoms with Crippen LogP contribution in [0, 0.1) is 0 Å². The smallest absolute Gasteiger partial charge is 0.0572 e. The fourth-order valence-corrected chi connectivity index (χ4v) is 6.07. The fraction of sp³-hybridized carbons (Fsp3) is 0. The summed E-state index contributed by atoms with van der Waals surface area (Å²) in [6.45, 7) is 8.22. The van der Waals surface area contributed by atoms with Crippen molar-refractivity contribution in [3.05, 3.63) is 135 Å². The summed E-state index contributed by atoms with van der Waals surface area (Å²) in [5.74, 6) is 0. The molecule has 0 atom stereocenters. The summed E-state index contributed by atoms with van der Waals surface area (Å²) in [4.78, 5) is 17.6. The van der Waals surface area contributed by atoms with Gasteiger partial charge in [0.05, 0.1) is 22.1 Å². The van der Waals surface area contributed by atoms with Crippen molar-refractivity contribution in [1.82, 2.24) is 29.1 Å². The van der Waals surface area contributed by atoms with Crippen molar-refractivity contribution >= 4 is 55.8 Å². The summed E-state index contributed by atoms with van der Waals surface area (Å²) in [7, 11) is 0. The van der Waals surface area contributed by atoms with Gasteiger partial charge in [0.25, 0.3) is 0 Å². The average molecular weight is 541 g/mol. The number of hydrogen-bond acceptors (Lipinski definition) is 4. The van der Waals surface area contributed by atoms with Crippen molar-refractivity contribution in [2.45, 2.75) is 0 Å². The molecule has 2 aromatic carbocycles. The van der Waals surface area contributed by atoms with E-state index >= 15 is 0 Å². The molecule has 198 valence electrons. The first-order valence-corrected chi connectivity index (χ1v) is 13.7. The largest absolute Gasteiger partial charge is 0.309 e. The van der Waals surface area contributed by atoms with Gasteiger partial charge in [-0.2, -0.15) is 0 Å². The molecule has 0 saturated heterocycles. The van der Waals surface area contributed by atoms with Crippen LogP contribution in [0.5, 0.6) is 0 Å². The number of pyridine rings is 4. The van der Waals surface area contributed by atoms with Crippen LogP contribution in [0.1, 0.15) is 11.1 Å². The Kier molecular flexibility index (Phi) is 5.34. The lowest BCUT2D eigenvalue weighted by Gasteiger charge is -2.15. The van der Waals surface area contributed by atoms with Crippen LogP contribution in [-0.4, -0.2) is 29.1 Å². The minimum absolute atomic E-state index is 1.03. The summed E-state index contributed by atoms with van der Waals surface area (Å²) < 4.78 is 4.55. The Morgan fingerprint density at radius 3 is 1.10 bits per heavy atom. The van der Waals surface area contributed by atoms with E-state index in [4.69, 9.17) is 0 Å². The monoisotopic (exact) mass is 540 g/mol. The maximum absolute atomic E-state index is 4.39. The number of nitrogens with zero attached hydrogens (tertiary/aromatic N) is 6. The molecule has 0 aliphatic heterocycles. The lowest BCUT2D eigenvalue weighted by atomic mass is 9.98. The van der Waals surface area contributed by atoms with Gasteiger partial charge in [-0.3, -0.25) is 19.9 Å². The molecular formula is C36H24N6. The molecule has 0 radical (unpaired) electrons. The SMILES string of the molecule is C=Cc1cc(-c2cc(C=C)cc(-n3c4ccncc4c4cnccc43)c2)cc(-n2c3ccncc3c3cnccc32)c1. The van der Waals surface area contributed by atoms with Gasteiger partial charge < -0.3 is 9.13 Å². The third-order valence-corrected chi connectivity index (χ3v) is 7.94. The van der Waals surface area contributed by atoms with E-state index in [9.17, 15) is 0 Å². The minimum atomic E-state index is 1.03. The predicted octanol–water partition coefficient (Wildman–Crippen LogP) is 8.41. The van der Waals surface area contributed by atoms with Crippen LogP contribution in [0.15, 0.2) is 123 Å². The van der Waals surface area contributed by atoms with Crippen LogP contribution in [0.3, 0.4) is 0 Å². The fourth-order valence-electron chi connectivity index (χ4n) is 6.07. The van der Waals surface area contributed by atoms with Gasteiger partial charge in [-0.05, 0) is 82.9 Å². The Bertz CT molecular complexity index is 2080. The zero-order chi connectivity index (χ0) is 28.2. The van der Waals surface area contributed by atoms with Gasteiger partial charge in [-0.15, -0.1) is 0 Å². The number of rotatable bonds is 5. The van der Waals surface area contributed by atoms with E-state index < -0.39 is 0 Å². The second-order valence-corrected chi connectivity index (χ2v) is 10.3. The molecule has 8 aromatic rings. The van der Waals surface area contributed by atoms with Gasteiger partial charge in [-0.25, -0.2) is 0 Å². The molecular weight excluding hydrogens is 516 g/mol. The van der Waals surface area contributed by atoms with E-state index in [1.165, 1.54) is 0 Å². The molecule has 0 spiro atoms. The molecule has 0 aliphatic carbocycles. The Labute approximate surface area is 241 Å². The van der Waals surface area contributed by atoms with Crippen molar-refractivity contribution in [2.75, 3.05) is 0 Å². The lowest BCUT2D eigenvalue weighted by Crippen LogP contribution is -1.98. The number of benzene rings is 2. The Morgan fingerprint density at radius 2 is 0.786 bits per heavy atom. The topological polar surface area (TPSA) is 61.4 Å². The van der Waals surface area contributed by atoms with Crippen LogP contribution >= 0.6 is 0 Å². The zero-order valence-electron chi connectivity index (χ0n) is 22.6. The van der Waals surface area contributed by atoms with E-state index in [0.29, 0.717) is 0 Å². The number of aromatic nitrogens is 6. The highest BCUT2D eigenvalue weighted by atomic mass is 15.0. The Balaban J connectivity index is 1.39. The first-order valence-electron chi connectivity index (χ1n) is 13.7. The number of hydrogen-bond donors (Lipinski definition) is 0. The molecule has 0 aliphatic rings. The van der Waals surface area contributed by atoms with Crippen LogP contribution in [-0.2, 0) is 0 Å². The predicted molar refractivity (Wildman–Crippen MR) is 172 cm³/mol. The molecule has 6 aromatic heterocycles. The highest BCUT2D eigenvalue weighted by Crippen LogP contribution is 2.36. The highest BCUT2D eigenvalue weighted by molar-refractivity contribution is 6.09. The second kappa shape index (κ2) is 9.35. The van der Waals surface area contributed by atoms with E-state index in [2.05, 4.69) is 103 Å². The van der Waals surface area contributed by atoms with E-state index in [0.717, 1.165) is 77.2 Å². The van der Waals surface area contributed by atoms with Crippen molar-refractivity contribution in [3.8, 4) is 22.5 Å². The van der Waals surface area contributed by atoms with Crippen molar-refractivity contribution in [2.24, 2.45) is 0 Å². The molecule has 42 heavy (non-hydrogen) atoms. The van der Waals surface area contributed by atoms with Crippen LogP contribution in [0.2, 0.25) is 0 Å². The molecule has 6 heterocycles. The standard InChI is InChI=1S/C36H24N6/c1-3-23-13-25(17-27(15-23)41-33-5-9-37-19-29(33)30-20-38-10-6-34(30)41)26-14-24(4-2)16-28(18-26)42-35-7-11-39-21-31(35)32-22-40-12-8-36(32)42/h3-22H,1-2H2. The van der Waals surface area contributed by atoms with Gasteiger partial charge in [0.1, 0.15) is 0 Å². The van der Waals surface area contributed by atoms with Crippen LogP contribution < -0.4 is 0 Å². The molecule has 0 amide bonds. The summed E-state index contributed by atoms with van der Waals surface area (Å²) >= 11 is 0. The maximum Gasteiger partial charge on any atom is 0.0572 e. The van der Waals surface area contributed by atoms with Crippen molar-refractivity contribution in [1.29, 1.82) is 0 Å². The van der Waals surface area contributed by atoms with E-state index in [-0.39, 0.29) is 0 Å². The third-order valence-electron chi connectivity index (χ3n) is 7.94. The minimum Gasteiger partial charge on any atom is -0.309 e. The zero-order valence-corrected chi connectivity index (χ0v) is 22.6. The molecule has 0 bridgehead atoms. The lowest BCUT2D eigenvalue weighted by molar-refractivity contribution is 1.16. The van der Waals surface area contributed by atoms with Crippen LogP contribution in [0.25, 0.3) is 78.3 Å². The summed E-state index contributed by atoms with van der Waals surface area (Å²) in [6, 6.07) is 21.4. The van der Waals surface area contributed by atoms with Gasteiger partial charge in [-0.1, -0.05) is 25.3 Å². The Hall–Kier alpha value is -5.88. The van der Waals surface area contributed by atoms with Gasteiger partial charge in [0.15, 0.2) is 0 Å². The first-order chi connectivity index (χ1) is 20.7. The molecule has 6 nitrogen and oxygen atoms in total. The van der Waals surface area contributed by atoms with Gasteiger partial charge >= 0.3 is 0 Å². The molecule has 8 rings (SSSR count). The third kappa shape index (κ3) is 3.59. The molecule has 0 unspecified atom stereocenters. The van der Waals surface area contributed by atoms with Gasteiger partial charge in [0.2, 0.25) is 0 Å². The highest BCUT2D eigenvalue weighted by Gasteiger charge is 2.16. The van der Waals surface area contributed by atoms with Crippen molar-refractivity contribution < 1.29 is 0 Å². The van der Waals surface area contributed by atoms with E-state index in [1.54, 1.807) is 0 Å². The molecule has 0 fully saturated rings. The number of fused-ring (bicyclic) bond motifs is 6. The Morgan fingerprint density at radius 1 is 0.452 bits per heavy atom. The maximum atomic E-state index is 4.39. The quantitative estimate of drug-likeness (QED) is 0.220. The summed E-state index contributed by atoms with van der Waals surface area (Å²) in [5, 5.41) is 4.27. The van der Waals surface area contributed by atoms with Crippen LogP contribution in [0.4, 0.5) is 0 Å². The second-order valence-electron chi connectivity index (χ2n) is 10.3. The van der Waals surface area contributed by atoms with E-state index in [1.807, 2.05) is 61.7 Å². The molecule has 0 saturated carbocycles.